The van der Waals surface area contributed by atoms with Gasteiger partial charge >= 0.3 is 0 Å². The molecule has 0 radical (unpaired) electrons. The van der Waals surface area contributed by atoms with Crippen molar-refractivity contribution >= 4 is 10.0 Å². The molecule has 1 aromatic carbocycles. The molecule has 5 heteroatoms. The lowest BCUT2D eigenvalue weighted by atomic mass is 9.94. The third-order valence-corrected chi connectivity index (χ3v) is 6.60. The summed E-state index contributed by atoms with van der Waals surface area (Å²) in [6.07, 6.45) is 3.14. The van der Waals surface area contributed by atoms with Crippen molar-refractivity contribution in [2.45, 2.75) is 57.5 Å². The average Bonchev–Trinajstić information content (AvgIpc) is 2.79. The average molecular weight is 310 g/mol. The standard InChI is InChI=1S/C16H26N2O2S/c1-4-13-8-9-15(11(13)2)18-21(19,20)16-7-5-6-14(10-17)12(16)3/h5-7,11,13,15,18H,4,8-10,17H2,1-3H3. The molecule has 0 bridgehead atoms. The fourth-order valence-electron chi connectivity index (χ4n) is 3.43. The lowest BCUT2D eigenvalue weighted by Crippen LogP contribution is -2.37. The lowest BCUT2D eigenvalue weighted by molar-refractivity contribution is 0.368. The number of hydrogen-bond acceptors (Lipinski definition) is 3. The van der Waals surface area contributed by atoms with Crippen LogP contribution in [0.2, 0.25) is 0 Å². The van der Waals surface area contributed by atoms with Crippen LogP contribution in [0.15, 0.2) is 23.1 Å². The third-order valence-electron chi connectivity index (χ3n) is 4.96. The van der Waals surface area contributed by atoms with Crippen LogP contribution < -0.4 is 10.5 Å². The maximum atomic E-state index is 12.7. The minimum absolute atomic E-state index is 0.0425. The molecule has 118 valence electrons. The first-order chi connectivity index (χ1) is 9.90. The van der Waals surface area contributed by atoms with Gasteiger partial charge in [0.2, 0.25) is 10.0 Å². The molecule has 1 aliphatic rings. The van der Waals surface area contributed by atoms with E-state index in [0.717, 1.165) is 30.4 Å². The first kappa shape index (κ1) is 16.5. The highest BCUT2D eigenvalue weighted by Crippen LogP contribution is 2.34. The summed E-state index contributed by atoms with van der Waals surface area (Å²) in [5, 5.41) is 0. The maximum Gasteiger partial charge on any atom is 0.241 e. The van der Waals surface area contributed by atoms with Gasteiger partial charge in [-0.3, -0.25) is 0 Å². The van der Waals surface area contributed by atoms with Gasteiger partial charge in [0.1, 0.15) is 0 Å². The Morgan fingerprint density at radius 3 is 2.62 bits per heavy atom. The lowest BCUT2D eigenvalue weighted by Gasteiger charge is -2.21. The smallest absolute Gasteiger partial charge is 0.241 e. The number of nitrogens with one attached hydrogen (secondary N) is 1. The van der Waals surface area contributed by atoms with Gasteiger partial charge in [0.25, 0.3) is 0 Å². The van der Waals surface area contributed by atoms with Crippen LogP contribution in [0.25, 0.3) is 0 Å². The van der Waals surface area contributed by atoms with Gasteiger partial charge in [-0.2, -0.15) is 0 Å². The second-order valence-corrected chi connectivity index (χ2v) is 7.76. The van der Waals surface area contributed by atoms with Crippen LogP contribution in [0, 0.1) is 18.8 Å². The fourth-order valence-corrected chi connectivity index (χ4v) is 5.07. The van der Waals surface area contributed by atoms with Crippen LogP contribution in [0.5, 0.6) is 0 Å². The number of hydrogen-bond donors (Lipinski definition) is 2. The van der Waals surface area contributed by atoms with Gasteiger partial charge in [-0.1, -0.05) is 32.4 Å². The van der Waals surface area contributed by atoms with E-state index in [1.165, 1.54) is 0 Å². The SMILES string of the molecule is CCC1CCC(NS(=O)(=O)c2cccc(CN)c2C)C1C. The summed E-state index contributed by atoms with van der Waals surface area (Å²) in [6, 6.07) is 5.34. The molecule has 0 aromatic heterocycles. The Kier molecular flexibility index (Phi) is 5.07. The van der Waals surface area contributed by atoms with E-state index in [9.17, 15) is 8.42 Å². The predicted octanol–water partition coefficient (Wildman–Crippen LogP) is 2.56. The summed E-state index contributed by atoms with van der Waals surface area (Å²) < 4.78 is 28.2. The first-order valence-electron chi connectivity index (χ1n) is 7.71. The number of nitrogens with two attached hydrogens (primary N) is 1. The van der Waals surface area contributed by atoms with Crippen molar-refractivity contribution in [3.05, 3.63) is 29.3 Å². The topological polar surface area (TPSA) is 72.2 Å². The quantitative estimate of drug-likeness (QED) is 0.878. The van der Waals surface area contributed by atoms with E-state index in [1.807, 2.05) is 13.0 Å². The van der Waals surface area contributed by atoms with Gasteiger partial charge in [0.15, 0.2) is 0 Å². The summed E-state index contributed by atoms with van der Waals surface area (Å²) in [5.41, 5.74) is 7.30. The molecule has 1 aliphatic carbocycles. The number of sulfonamides is 1. The van der Waals surface area contributed by atoms with Crippen LogP contribution in [-0.4, -0.2) is 14.5 Å². The molecule has 0 aliphatic heterocycles. The highest BCUT2D eigenvalue weighted by atomic mass is 32.2. The highest BCUT2D eigenvalue weighted by molar-refractivity contribution is 7.89. The van der Waals surface area contributed by atoms with E-state index in [4.69, 9.17) is 5.73 Å². The molecular formula is C16H26N2O2S. The van der Waals surface area contributed by atoms with E-state index >= 15 is 0 Å². The Labute approximate surface area is 128 Å². The zero-order valence-electron chi connectivity index (χ0n) is 13.1. The normalized spacial score (nSPS) is 26.2. The van der Waals surface area contributed by atoms with Crippen LogP contribution in [0.3, 0.4) is 0 Å². The van der Waals surface area contributed by atoms with E-state index in [0.29, 0.717) is 23.3 Å². The van der Waals surface area contributed by atoms with Crippen molar-refractivity contribution in [2.24, 2.45) is 17.6 Å². The summed E-state index contributed by atoms with van der Waals surface area (Å²) in [4.78, 5) is 0.359. The molecular weight excluding hydrogens is 284 g/mol. The monoisotopic (exact) mass is 310 g/mol. The Bertz CT molecular complexity index is 598. The molecule has 3 N–H and O–H groups in total. The highest BCUT2D eigenvalue weighted by Gasteiger charge is 2.34. The van der Waals surface area contributed by atoms with Crippen LogP contribution >= 0.6 is 0 Å². The Morgan fingerprint density at radius 2 is 2.05 bits per heavy atom. The minimum Gasteiger partial charge on any atom is -0.326 e. The summed E-state index contributed by atoms with van der Waals surface area (Å²) >= 11 is 0. The van der Waals surface area contributed by atoms with Gasteiger partial charge in [-0.15, -0.1) is 0 Å². The van der Waals surface area contributed by atoms with Crippen molar-refractivity contribution in [3.63, 3.8) is 0 Å². The Morgan fingerprint density at radius 1 is 1.33 bits per heavy atom. The van der Waals surface area contributed by atoms with E-state index < -0.39 is 10.0 Å². The van der Waals surface area contributed by atoms with Crippen molar-refractivity contribution in [1.82, 2.24) is 4.72 Å². The Balaban J connectivity index is 2.24. The molecule has 2 rings (SSSR count). The fraction of sp³-hybridized carbons (Fsp3) is 0.625. The van der Waals surface area contributed by atoms with Crippen molar-refractivity contribution in [1.29, 1.82) is 0 Å². The van der Waals surface area contributed by atoms with Crippen molar-refractivity contribution < 1.29 is 8.42 Å². The molecule has 1 saturated carbocycles. The van der Waals surface area contributed by atoms with E-state index in [2.05, 4.69) is 18.6 Å². The summed E-state index contributed by atoms with van der Waals surface area (Å²) in [7, 11) is -3.48. The van der Waals surface area contributed by atoms with E-state index in [1.54, 1.807) is 12.1 Å². The van der Waals surface area contributed by atoms with Gasteiger partial charge in [0.05, 0.1) is 4.90 Å². The molecule has 4 nitrogen and oxygen atoms in total. The summed E-state index contributed by atoms with van der Waals surface area (Å²) in [6.45, 7) is 6.50. The van der Waals surface area contributed by atoms with Crippen LogP contribution in [0.4, 0.5) is 0 Å². The minimum atomic E-state index is -3.48. The zero-order valence-corrected chi connectivity index (χ0v) is 13.9. The molecule has 0 spiro atoms. The molecule has 1 aromatic rings. The molecule has 3 unspecified atom stereocenters. The van der Waals surface area contributed by atoms with Gasteiger partial charge < -0.3 is 5.73 Å². The van der Waals surface area contributed by atoms with Gasteiger partial charge in [-0.25, -0.2) is 13.1 Å². The van der Waals surface area contributed by atoms with Crippen molar-refractivity contribution in [3.8, 4) is 0 Å². The Hall–Kier alpha value is -0.910. The van der Waals surface area contributed by atoms with E-state index in [-0.39, 0.29) is 6.04 Å². The molecule has 3 atom stereocenters. The predicted molar refractivity (Wildman–Crippen MR) is 85.4 cm³/mol. The molecule has 1 fully saturated rings. The second kappa shape index (κ2) is 6.46. The number of rotatable bonds is 5. The summed E-state index contributed by atoms with van der Waals surface area (Å²) in [5.74, 6) is 1.01. The second-order valence-electron chi connectivity index (χ2n) is 6.08. The molecule has 0 heterocycles. The largest absolute Gasteiger partial charge is 0.326 e. The van der Waals surface area contributed by atoms with Gasteiger partial charge in [-0.05, 0) is 48.8 Å². The third kappa shape index (κ3) is 3.30. The van der Waals surface area contributed by atoms with Gasteiger partial charge in [0, 0.05) is 12.6 Å². The zero-order chi connectivity index (χ0) is 15.6. The molecule has 0 amide bonds. The van der Waals surface area contributed by atoms with Crippen molar-refractivity contribution in [2.75, 3.05) is 0 Å². The first-order valence-corrected chi connectivity index (χ1v) is 9.20. The van der Waals surface area contributed by atoms with Crippen LogP contribution in [-0.2, 0) is 16.6 Å². The molecule has 0 saturated heterocycles. The molecule has 21 heavy (non-hydrogen) atoms. The van der Waals surface area contributed by atoms with Crippen LogP contribution in [0.1, 0.15) is 44.2 Å². The maximum absolute atomic E-state index is 12.7. The number of benzene rings is 1.